The van der Waals surface area contributed by atoms with E-state index in [-0.39, 0.29) is 5.60 Å². The van der Waals surface area contributed by atoms with Crippen LogP contribution < -0.4 is 0 Å². The lowest BCUT2D eigenvalue weighted by Gasteiger charge is -2.22. The summed E-state index contributed by atoms with van der Waals surface area (Å²) in [6, 6.07) is 0. The number of rotatable bonds is 8. The number of carboxylic acid groups (broad SMARTS) is 1. The van der Waals surface area contributed by atoms with Crippen LogP contribution in [-0.2, 0) is 19.3 Å². The highest BCUT2D eigenvalue weighted by Crippen LogP contribution is 2.14. The van der Waals surface area contributed by atoms with E-state index in [2.05, 4.69) is 6.58 Å². The molecular weight excluding hydrogens is 224 g/mol. The Kier molecular flexibility index (Phi) is 12.6. The number of aliphatic carboxylic acids is 1. The Morgan fingerprint density at radius 2 is 1.94 bits per heavy atom. The summed E-state index contributed by atoms with van der Waals surface area (Å²) in [6.07, 6.45) is 2.65. The molecule has 5 heteroatoms. The third-order valence-electron chi connectivity index (χ3n) is 1.65. The highest BCUT2D eigenvalue weighted by molar-refractivity contribution is 5.78. The molecule has 0 saturated carbocycles. The van der Waals surface area contributed by atoms with Crippen LogP contribution >= 0.6 is 0 Å². The van der Waals surface area contributed by atoms with Crippen LogP contribution in [0.1, 0.15) is 33.6 Å². The predicted octanol–water partition coefficient (Wildman–Crippen LogP) is 2.42. The van der Waals surface area contributed by atoms with E-state index in [0.717, 1.165) is 18.9 Å². The van der Waals surface area contributed by atoms with Gasteiger partial charge >= 0.3 is 5.97 Å². The van der Waals surface area contributed by atoms with Gasteiger partial charge in [0, 0.05) is 26.2 Å². The van der Waals surface area contributed by atoms with Gasteiger partial charge in [-0.25, -0.2) is 14.6 Å². The number of carboxylic acids is 1. The van der Waals surface area contributed by atoms with Crippen LogP contribution in [0.3, 0.4) is 0 Å². The molecule has 0 aromatic rings. The second-order valence-electron chi connectivity index (χ2n) is 3.95. The molecule has 0 unspecified atom stereocenters. The van der Waals surface area contributed by atoms with E-state index in [1.807, 2.05) is 20.8 Å². The van der Waals surface area contributed by atoms with Crippen molar-refractivity contribution in [3.8, 4) is 0 Å². The fourth-order valence-electron chi connectivity index (χ4n) is 0.674. The molecule has 5 nitrogen and oxygen atoms in total. The number of carbonyl (C=O) groups is 1. The molecule has 0 amide bonds. The van der Waals surface area contributed by atoms with Gasteiger partial charge in [-0.15, -0.1) is 0 Å². The zero-order chi connectivity index (χ0) is 13.7. The minimum Gasteiger partial charge on any atom is -0.478 e. The molecule has 0 aromatic heterocycles. The molecule has 0 bridgehead atoms. The van der Waals surface area contributed by atoms with Crippen molar-refractivity contribution >= 4 is 5.97 Å². The van der Waals surface area contributed by atoms with Crippen molar-refractivity contribution in [3.63, 3.8) is 0 Å². The largest absolute Gasteiger partial charge is 0.478 e. The van der Waals surface area contributed by atoms with Crippen molar-refractivity contribution in [1.29, 1.82) is 0 Å². The first-order valence-electron chi connectivity index (χ1n) is 5.54. The smallest absolute Gasteiger partial charge is 0.327 e. The van der Waals surface area contributed by atoms with Crippen LogP contribution in [0.15, 0.2) is 12.7 Å². The molecule has 0 saturated heterocycles. The van der Waals surface area contributed by atoms with Gasteiger partial charge in [0.15, 0.2) is 0 Å². The molecule has 0 aromatic carbocycles. The normalized spacial score (nSPS) is 10.4. The summed E-state index contributed by atoms with van der Waals surface area (Å²) in [5, 5.41) is 7.60. The summed E-state index contributed by atoms with van der Waals surface area (Å²) in [7, 11) is 1.68. The fourth-order valence-corrected chi connectivity index (χ4v) is 0.674. The molecule has 0 aliphatic carbocycles. The standard InChI is InChI=1S/C9H20O3.C3H4O2/c1-5-7-11-12-9(2,3)6-8-10-4;1-2-3(4)5/h5-8H2,1-4H3;2H,1H2,(H,4,5). The van der Waals surface area contributed by atoms with Crippen LogP contribution in [0, 0.1) is 0 Å². The van der Waals surface area contributed by atoms with Gasteiger partial charge < -0.3 is 9.84 Å². The van der Waals surface area contributed by atoms with Crippen LogP contribution in [0.25, 0.3) is 0 Å². The minimum atomic E-state index is -0.981. The Balaban J connectivity index is 0. The first-order valence-corrected chi connectivity index (χ1v) is 5.54. The number of methoxy groups -OCH3 is 1. The average Bonchev–Trinajstić information content (AvgIpc) is 2.27. The van der Waals surface area contributed by atoms with E-state index >= 15 is 0 Å². The maximum absolute atomic E-state index is 9.25. The van der Waals surface area contributed by atoms with Crippen molar-refractivity contribution in [1.82, 2.24) is 0 Å². The zero-order valence-electron chi connectivity index (χ0n) is 11.2. The van der Waals surface area contributed by atoms with Crippen molar-refractivity contribution in [3.05, 3.63) is 12.7 Å². The minimum absolute atomic E-state index is 0.245. The van der Waals surface area contributed by atoms with E-state index in [1.165, 1.54) is 0 Å². The van der Waals surface area contributed by atoms with E-state index in [0.29, 0.717) is 13.2 Å². The van der Waals surface area contributed by atoms with Crippen molar-refractivity contribution < 1.29 is 24.4 Å². The summed E-state index contributed by atoms with van der Waals surface area (Å²) in [5.41, 5.74) is -0.245. The maximum Gasteiger partial charge on any atom is 0.327 e. The van der Waals surface area contributed by atoms with Gasteiger partial charge in [0.1, 0.15) is 5.60 Å². The Hall–Kier alpha value is -0.910. The van der Waals surface area contributed by atoms with E-state index < -0.39 is 5.97 Å². The monoisotopic (exact) mass is 248 g/mol. The first kappa shape index (κ1) is 18.5. The van der Waals surface area contributed by atoms with E-state index in [4.69, 9.17) is 19.6 Å². The highest BCUT2D eigenvalue weighted by Gasteiger charge is 2.19. The van der Waals surface area contributed by atoms with Crippen LogP contribution in [0.4, 0.5) is 0 Å². The van der Waals surface area contributed by atoms with Gasteiger partial charge in [0.05, 0.1) is 6.61 Å². The van der Waals surface area contributed by atoms with Crippen LogP contribution in [0.2, 0.25) is 0 Å². The third kappa shape index (κ3) is 17.7. The molecule has 17 heavy (non-hydrogen) atoms. The molecule has 102 valence electrons. The quantitative estimate of drug-likeness (QED) is 0.309. The van der Waals surface area contributed by atoms with E-state index in [9.17, 15) is 4.79 Å². The number of ether oxygens (including phenoxy) is 1. The Labute approximate surface area is 103 Å². The summed E-state index contributed by atoms with van der Waals surface area (Å²) in [5.74, 6) is -0.981. The molecule has 0 atom stereocenters. The second kappa shape index (κ2) is 11.6. The summed E-state index contributed by atoms with van der Waals surface area (Å²) in [4.78, 5) is 19.4. The summed E-state index contributed by atoms with van der Waals surface area (Å²) >= 11 is 0. The molecule has 0 fully saturated rings. The topological polar surface area (TPSA) is 65.0 Å². The molecule has 0 heterocycles. The van der Waals surface area contributed by atoms with Gasteiger partial charge in [0.2, 0.25) is 0 Å². The Morgan fingerprint density at radius 1 is 1.41 bits per heavy atom. The number of hydrogen-bond donors (Lipinski definition) is 1. The number of hydrogen-bond acceptors (Lipinski definition) is 4. The van der Waals surface area contributed by atoms with Gasteiger partial charge in [-0.3, -0.25) is 0 Å². The van der Waals surface area contributed by atoms with Crippen molar-refractivity contribution in [2.24, 2.45) is 0 Å². The fraction of sp³-hybridized carbons (Fsp3) is 0.750. The Bertz CT molecular complexity index is 201. The van der Waals surface area contributed by atoms with Gasteiger partial charge in [-0.2, -0.15) is 0 Å². The van der Waals surface area contributed by atoms with E-state index in [1.54, 1.807) is 7.11 Å². The lowest BCUT2D eigenvalue weighted by Crippen LogP contribution is -2.26. The SMILES string of the molecule is C=CC(=O)O.CCCOOC(C)(C)CCOC. The van der Waals surface area contributed by atoms with Crippen molar-refractivity contribution in [2.75, 3.05) is 20.3 Å². The lowest BCUT2D eigenvalue weighted by molar-refractivity contribution is -0.355. The molecule has 0 aliphatic rings. The third-order valence-corrected chi connectivity index (χ3v) is 1.65. The van der Waals surface area contributed by atoms with Crippen molar-refractivity contribution in [2.45, 2.75) is 39.2 Å². The summed E-state index contributed by atoms with van der Waals surface area (Å²) < 4.78 is 4.95. The average molecular weight is 248 g/mol. The molecule has 1 N–H and O–H groups in total. The van der Waals surface area contributed by atoms with Crippen LogP contribution in [-0.4, -0.2) is 37.0 Å². The van der Waals surface area contributed by atoms with Gasteiger partial charge in [0.25, 0.3) is 0 Å². The molecular formula is C12H24O5. The van der Waals surface area contributed by atoms with Gasteiger partial charge in [-0.1, -0.05) is 13.5 Å². The highest BCUT2D eigenvalue weighted by atomic mass is 17.2. The Morgan fingerprint density at radius 3 is 2.29 bits per heavy atom. The molecule has 0 rings (SSSR count). The lowest BCUT2D eigenvalue weighted by atomic mass is 10.1. The van der Waals surface area contributed by atoms with Gasteiger partial charge in [-0.05, 0) is 20.3 Å². The second-order valence-corrected chi connectivity index (χ2v) is 3.95. The maximum atomic E-state index is 9.25. The molecule has 0 radical (unpaired) electrons. The predicted molar refractivity (Wildman–Crippen MR) is 65.7 cm³/mol. The first-order chi connectivity index (χ1) is 7.89. The zero-order valence-corrected chi connectivity index (χ0v) is 11.2. The summed E-state index contributed by atoms with van der Waals surface area (Å²) in [6.45, 7) is 10.3. The molecule has 0 aliphatic heterocycles. The molecule has 0 spiro atoms. The van der Waals surface area contributed by atoms with Crippen LogP contribution in [0.5, 0.6) is 0 Å².